The topological polar surface area (TPSA) is 69.1 Å². The Morgan fingerprint density at radius 1 is 1.36 bits per heavy atom. The Labute approximate surface area is 84.1 Å². The third kappa shape index (κ3) is 3.58. The lowest BCUT2D eigenvalue weighted by molar-refractivity contribution is -0.118. The first-order chi connectivity index (χ1) is 6.58. The molecule has 0 fully saturated rings. The van der Waals surface area contributed by atoms with E-state index in [1.54, 1.807) is 0 Å². The molecule has 1 aromatic rings. The Balaban J connectivity index is 2.51. The van der Waals surface area contributed by atoms with Gasteiger partial charge in [-0.1, -0.05) is 29.8 Å². The molecule has 0 saturated carbocycles. The van der Waals surface area contributed by atoms with E-state index in [-0.39, 0.29) is 18.4 Å². The molecule has 1 aromatic carbocycles. The number of aryl methyl sites for hydroxylation is 1. The largest absolute Gasteiger partial charge is 0.370 e. The first kappa shape index (κ1) is 10.7. The molecule has 3 nitrogen and oxygen atoms in total. The number of hydrogen-bond acceptors (Lipinski definition) is 2. The Bertz CT molecular complexity index is 306. The second-order valence-electron chi connectivity index (χ2n) is 3.62. The maximum absolute atomic E-state index is 10.6. The molecule has 1 atom stereocenters. The highest BCUT2D eigenvalue weighted by atomic mass is 16.1. The third-order valence-corrected chi connectivity index (χ3v) is 2.08. The van der Waals surface area contributed by atoms with Gasteiger partial charge in [-0.3, -0.25) is 4.79 Å². The van der Waals surface area contributed by atoms with E-state index in [2.05, 4.69) is 0 Å². The van der Waals surface area contributed by atoms with Gasteiger partial charge in [0, 0.05) is 12.5 Å². The van der Waals surface area contributed by atoms with Gasteiger partial charge in [0.1, 0.15) is 0 Å². The minimum Gasteiger partial charge on any atom is -0.370 e. The fourth-order valence-corrected chi connectivity index (χ4v) is 1.36. The van der Waals surface area contributed by atoms with Crippen molar-refractivity contribution < 1.29 is 4.79 Å². The number of amides is 1. The van der Waals surface area contributed by atoms with Gasteiger partial charge in [-0.15, -0.1) is 0 Å². The Morgan fingerprint density at radius 3 is 2.43 bits per heavy atom. The summed E-state index contributed by atoms with van der Waals surface area (Å²) in [6, 6.07) is 7.94. The summed E-state index contributed by atoms with van der Waals surface area (Å²) in [4.78, 5) is 10.6. The standard InChI is InChI=1S/C11H16N2O/c1-8-2-4-9(5-3-8)6-10(12)7-11(13)14/h2-5,10H,6-7,12H2,1H3,(H2,13,14)/t10-/m1/s1. The quantitative estimate of drug-likeness (QED) is 0.738. The number of hydrogen-bond donors (Lipinski definition) is 2. The molecule has 0 bridgehead atoms. The van der Waals surface area contributed by atoms with Crippen LogP contribution in [0.25, 0.3) is 0 Å². The van der Waals surface area contributed by atoms with Crippen molar-refractivity contribution >= 4 is 5.91 Å². The fourth-order valence-electron chi connectivity index (χ4n) is 1.36. The van der Waals surface area contributed by atoms with E-state index in [1.807, 2.05) is 31.2 Å². The highest BCUT2D eigenvalue weighted by Crippen LogP contribution is 2.06. The van der Waals surface area contributed by atoms with Crippen molar-refractivity contribution in [3.8, 4) is 0 Å². The van der Waals surface area contributed by atoms with Gasteiger partial charge in [-0.05, 0) is 18.9 Å². The van der Waals surface area contributed by atoms with Crippen LogP contribution in [0.15, 0.2) is 24.3 Å². The highest BCUT2D eigenvalue weighted by Gasteiger charge is 2.06. The second kappa shape index (κ2) is 4.77. The zero-order valence-corrected chi connectivity index (χ0v) is 8.36. The minimum atomic E-state index is -0.343. The molecular formula is C11H16N2O. The fraction of sp³-hybridized carbons (Fsp3) is 0.364. The van der Waals surface area contributed by atoms with E-state index in [9.17, 15) is 4.79 Å². The molecule has 1 rings (SSSR count). The van der Waals surface area contributed by atoms with Crippen molar-refractivity contribution in [2.45, 2.75) is 25.8 Å². The van der Waals surface area contributed by atoms with E-state index in [1.165, 1.54) is 5.56 Å². The zero-order valence-electron chi connectivity index (χ0n) is 8.36. The van der Waals surface area contributed by atoms with Crippen LogP contribution in [-0.4, -0.2) is 11.9 Å². The van der Waals surface area contributed by atoms with Crippen molar-refractivity contribution in [2.24, 2.45) is 11.5 Å². The summed E-state index contributed by atoms with van der Waals surface area (Å²) < 4.78 is 0. The number of carbonyl (C=O) groups is 1. The normalized spacial score (nSPS) is 12.4. The van der Waals surface area contributed by atoms with E-state index in [4.69, 9.17) is 11.5 Å². The third-order valence-electron chi connectivity index (χ3n) is 2.08. The van der Waals surface area contributed by atoms with Gasteiger partial charge in [0.05, 0.1) is 0 Å². The Kier molecular flexibility index (Phi) is 3.65. The lowest BCUT2D eigenvalue weighted by atomic mass is 10.0. The van der Waals surface area contributed by atoms with Gasteiger partial charge in [-0.2, -0.15) is 0 Å². The smallest absolute Gasteiger partial charge is 0.218 e. The summed E-state index contributed by atoms with van der Waals surface area (Å²) in [6.07, 6.45) is 0.942. The molecule has 4 N–H and O–H groups in total. The van der Waals surface area contributed by atoms with Crippen LogP contribution in [-0.2, 0) is 11.2 Å². The molecule has 76 valence electrons. The Morgan fingerprint density at radius 2 is 1.93 bits per heavy atom. The van der Waals surface area contributed by atoms with Gasteiger partial charge < -0.3 is 11.5 Å². The van der Waals surface area contributed by atoms with Crippen molar-refractivity contribution in [1.29, 1.82) is 0 Å². The SMILES string of the molecule is Cc1ccc(C[C@@H](N)CC(N)=O)cc1. The van der Waals surface area contributed by atoms with E-state index in [0.717, 1.165) is 5.56 Å². The van der Waals surface area contributed by atoms with Crippen LogP contribution in [0, 0.1) is 6.92 Å². The van der Waals surface area contributed by atoms with Gasteiger partial charge in [0.15, 0.2) is 0 Å². The lowest BCUT2D eigenvalue weighted by Crippen LogP contribution is -2.29. The summed E-state index contributed by atoms with van der Waals surface area (Å²) in [5.41, 5.74) is 13.2. The minimum absolute atomic E-state index is 0.171. The van der Waals surface area contributed by atoms with Crippen LogP contribution in [0.1, 0.15) is 17.5 Å². The second-order valence-corrected chi connectivity index (χ2v) is 3.62. The van der Waals surface area contributed by atoms with Crippen molar-refractivity contribution in [2.75, 3.05) is 0 Å². The first-order valence-electron chi connectivity index (χ1n) is 4.67. The molecule has 0 aromatic heterocycles. The molecule has 0 heterocycles. The average Bonchev–Trinajstić information content (AvgIpc) is 2.07. The summed E-state index contributed by atoms with van der Waals surface area (Å²) in [5.74, 6) is -0.343. The summed E-state index contributed by atoms with van der Waals surface area (Å²) in [6.45, 7) is 2.03. The molecule has 0 aliphatic rings. The van der Waals surface area contributed by atoms with Gasteiger partial charge >= 0.3 is 0 Å². The monoisotopic (exact) mass is 192 g/mol. The predicted octanol–water partition coefficient (Wildman–Crippen LogP) is 0.740. The van der Waals surface area contributed by atoms with Crippen molar-refractivity contribution in [3.63, 3.8) is 0 Å². The van der Waals surface area contributed by atoms with Crippen molar-refractivity contribution in [1.82, 2.24) is 0 Å². The maximum atomic E-state index is 10.6. The van der Waals surface area contributed by atoms with Gasteiger partial charge in [0.25, 0.3) is 0 Å². The number of nitrogens with two attached hydrogens (primary N) is 2. The molecule has 0 saturated heterocycles. The molecule has 0 radical (unpaired) electrons. The maximum Gasteiger partial charge on any atom is 0.218 e. The summed E-state index contributed by atoms with van der Waals surface area (Å²) in [5, 5.41) is 0. The van der Waals surface area contributed by atoms with Crippen LogP contribution in [0.2, 0.25) is 0 Å². The number of benzene rings is 1. The molecule has 1 amide bonds. The highest BCUT2D eigenvalue weighted by molar-refractivity contribution is 5.74. The molecule has 0 spiro atoms. The molecule has 0 aliphatic heterocycles. The van der Waals surface area contributed by atoms with Gasteiger partial charge in [-0.25, -0.2) is 0 Å². The van der Waals surface area contributed by atoms with Crippen LogP contribution >= 0.6 is 0 Å². The summed E-state index contributed by atoms with van der Waals surface area (Å²) >= 11 is 0. The lowest BCUT2D eigenvalue weighted by Gasteiger charge is -2.09. The Hall–Kier alpha value is -1.35. The van der Waals surface area contributed by atoms with Crippen LogP contribution < -0.4 is 11.5 Å². The number of carbonyl (C=O) groups excluding carboxylic acids is 1. The average molecular weight is 192 g/mol. The van der Waals surface area contributed by atoms with E-state index < -0.39 is 0 Å². The number of primary amides is 1. The van der Waals surface area contributed by atoms with Crippen LogP contribution in [0.3, 0.4) is 0 Å². The van der Waals surface area contributed by atoms with E-state index >= 15 is 0 Å². The molecule has 0 unspecified atom stereocenters. The zero-order chi connectivity index (χ0) is 10.6. The summed E-state index contributed by atoms with van der Waals surface area (Å²) in [7, 11) is 0. The molecular weight excluding hydrogens is 176 g/mol. The van der Waals surface area contributed by atoms with Crippen LogP contribution in [0.4, 0.5) is 0 Å². The predicted molar refractivity (Wildman–Crippen MR) is 56.7 cm³/mol. The number of rotatable bonds is 4. The van der Waals surface area contributed by atoms with Crippen LogP contribution in [0.5, 0.6) is 0 Å². The molecule has 0 aliphatic carbocycles. The first-order valence-corrected chi connectivity index (χ1v) is 4.67. The van der Waals surface area contributed by atoms with Crippen molar-refractivity contribution in [3.05, 3.63) is 35.4 Å². The van der Waals surface area contributed by atoms with E-state index in [0.29, 0.717) is 6.42 Å². The molecule has 14 heavy (non-hydrogen) atoms. The van der Waals surface area contributed by atoms with Gasteiger partial charge in [0.2, 0.25) is 5.91 Å². The molecule has 3 heteroatoms.